The van der Waals surface area contributed by atoms with Gasteiger partial charge in [0.25, 0.3) is 5.91 Å². The van der Waals surface area contributed by atoms with E-state index in [1.165, 1.54) is 18.3 Å². The van der Waals surface area contributed by atoms with Gasteiger partial charge in [-0.25, -0.2) is 4.68 Å². The summed E-state index contributed by atoms with van der Waals surface area (Å²) in [5, 5.41) is 4.80. The number of ketones is 1. The first-order chi connectivity index (χ1) is 14.5. The zero-order valence-electron chi connectivity index (χ0n) is 16.8. The number of thiophene rings is 1. The lowest BCUT2D eigenvalue weighted by Crippen LogP contribution is -2.25. The van der Waals surface area contributed by atoms with Gasteiger partial charge in [-0.1, -0.05) is 48.5 Å². The van der Waals surface area contributed by atoms with Gasteiger partial charge in [0.2, 0.25) is 0 Å². The molecule has 2 heterocycles. The fourth-order valence-electron chi connectivity index (χ4n) is 3.23. The Kier molecular flexibility index (Phi) is 5.59. The second-order valence-corrected chi connectivity index (χ2v) is 8.11. The molecule has 2 aromatic carbocycles. The van der Waals surface area contributed by atoms with E-state index in [0.717, 1.165) is 22.5 Å². The van der Waals surface area contributed by atoms with Crippen molar-refractivity contribution in [2.75, 3.05) is 7.05 Å². The van der Waals surface area contributed by atoms with Gasteiger partial charge in [-0.2, -0.15) is 5.10 Å². The van der Waals surface area contributed by atoms with E-state index in [1.807, 2.05) is 71.5 Å². The Morgan fingerprint density at radius 1 is 0.933 bits per heavy atom. The van der Waals surface area contributed by atoms with Crippen molar-refractivity contribution in [3.05, 3.63) is 94.3 Å². The van der Waals surface area contributed by atoms with Gasteiger partial charge in [0.15, 0.2) is 5.78 Å². The number of amides is 1. The van der Waals surface area contributed by atoms with Crippen molar-refractivity contribution in [1.82, 2.24) is 14.7 Å². The molecule has 2 aromatic heterocycles. The smallest absolute Gasteiger partial charge is 0.263 e. The Morgan fingerprint density at radius 3 is 2.20 bits per heavy atom. The van der Waals surface area contributed by atoms with Crippen LogP contribution in [-0.4, -0.2) is 33.4 Å². The van der Waals surface area contributed by atoms with Crippen molar-refractivity contribution in [2.45, 2.75) is 13.5 Å². The topological polar surface area (TPSA) is 55.2 Å². The Hall–Kier alpha value is -3.51. The summed E-state index contributed by atoms with van der Waals surface area (Å²) in [6.45, 7) is 1.91. The minimum absolute atomic E-state index is 0.0304. The lowest BCUT2D eigenvalue weighted by molar-refractivity contribution is 0.0790. The van der Waals surface area contributed by atoms with E-state index in [-0.39, 0.29) is 11.7 Å². The van der Waals surface area contributed by atoms with Crippen LogP contribution in [0, 0.1) is 0 Å². The largest absolute Gasteiger partial charge is 0.337 e. The molecule has 0 N–H and O–H groups in total. The number of hydrogen-bond acceptors (Lipinski definition) is 4. The molecular weight excluding hydrogens is 394 g/mol. The zero-order chi connectivity index (χ0) is 21.1. The predicted molar refractivity (Wildman–Crippen MR) is 119 cm³/mol. The predicted octanol–water partition coefficient (Wildman–Crippen LogP) is 5.08. The van der Waals surface area contributed by atoms with Crippen LogP contribution in [0.2, 0.25) is 0 Å². The van der Waals surface area contributed by atoms with E-state index in [9.17, 15) is 9.59 Å². The van der Waals surface area contributed by atoms with Crippen LogP contribution in [0.4, 0.5) is 0 Å². The number of nitrogens with zero attached hydrogens (tertiary/aromatic N) is 3. The zero-order valence-corrected chi connectivity index (χ0v) is 17.6. The molecule has 0 fully saturated rings. The number of benzene rings is 2. The molecule has 4 rings (SSSR count). The molecule has 0 saturated carbocycles. The fraction of sp³-hybridized carbons (Fsp3) is 0.125. The van der Waals surface area contributed by atoms with E-state index >= 15 is 0 Å². The third-order valence-corrected chi connectivity index (χ3v) is 5.95. The molecule has 0 aliphatic heterocycles. The number of para-hydroxylation sites is 1. The normalized spacial score (nSPS) is 10.7. The lowest BCUT2D eigenvalue weighted by atomic mass is 10.1. The highest BCUT2D eigenvalue weighted by atomic mass is 32.1. The van der Waals surface area contributed by atoms with E-state index < -0.39 is 0 Å². The summed E-state index contributed by atoms with van der Waals surface area (Å²) in [5.41, 5.74) is 3.75. The minimum atomic E-state index is -0.112. The van der Waals surface area contributed by atoms with Crippen LogP contribution in [0.15, 0.2) is 79.0 Å². The summed E-state index contributed by atoms with van der Waals surface area (Å²) < 4.78 is 1.84. The molecule has 0 spiro atoms. The van der Waals surface area contributed by atoms with Crippen LogP contribution in [-0.2, 0) is 6.54 Å². The van der Waals surface area contributed by atoms with Crippen molar-refractivity contribution in [3.63, 3.8) is 0 Å². The molecule has 30 heavy (non-hydrogen) atoms. The standard InChI is InChI=1S/C24H21N3O2S/c1-17(28)21-13-14-22(30-21)24(29)26(2)15-19-16-27(20-11-7-4-8-12-20)25-23(19)18-9-5-3-6-10-18/h3-14,16H,15H2,1-2H3. The van der Waals surface area contributed by atoms with Crippen LogP contribution in [0.1, 0.15) is 31.8 Å². The molecular formula is C24H21N3O2S. The fourth-order valence-corrected chi connectivity index (χ4v) is 4.13. The molecule has 5 nitrogen and oxygen atoms in total. The Bertz CT molecular complexity index is 1180. The van der Waals surface area contributed by atoms with Crippen LogP contribution in [0.5, 0.6) is 0 Å². The van der Waals surface area contributed by atoms with Crippen molar-refractivity contribution in [1.29, 1.82) is 0 Å². The van der Waals surface area contributed by atoms with Crippen molar-refractivity contribution in [2.24, 2.45) is 0 Å². The molecule has 0 aliphatic rings. The molecule has 0 saturated heterocycles. The highest BCUT2D eigenvalue weighted by molar-refractivity contribution is 7.15. The van der Waals surface area contributed by atoms with Gasteiger partial charge in [0, 0.05) is 30.9 Å². The van der Waals surface area contributed by atoms with Gasteiger partial charge >= 0.3 is 0 Å². The lowest BCUT2D eigenvalue weighted by Gasteiger charge is -2.16. The van der Waals surface area contributed by atoms with Crippen molar-refractivity contribution >= 4 is 23.0 Å². The molecule has 0 atom stereocenters. The van der Waals surface area contributed by atoms with Crippen molar-refractivity contribution in [3.8, 4) is 16.9 Å². The second kappa shape index (κ2) is 8.47. The first kappa shape index (κ1) is 19.8. The minimum Gasteiger partial charge on any atom is -0.337 e. The molecule has 0 bridgehead atoms. The Balaban J connectivity index is 1.66. The maximum atomic E-state index is 12.9. The van der Waals surface area contributed by atoms with Crippen LogP contribution in [0.3, 0.4) is 0 Å². The molecule has 4 aromatic rings. The first-order valence-corrected chi connectivity index (χ1v) is 10.4. The van der Waals surface area contributed by atoms with Crippen LogP contribution >= 0.6 is 11.3 Å². The van der Waals surface area contributed by atoms with Gasteiger partial charge in [-0.05, 0) is 31.2 Å². The summed E-state index contributed by atoms with van der Waals surface area (Å²) >= 11 is 1.23. The van der Waals surface area contributed by atoms with Gasteiger partial charge in [-0.15, -0.1) is 11.3 Å². The highest BCUT2D eigenvalue weighted by Gasteiger charge is 2.19. The summed E-state index contributed by atoms with van der Waals surface area (Å²) in [4.78, 5) is 27.3. The maximum absolute atomic E-state index is 12.9. The number of rotatable bonds is 6. The second-order valence-electron chi connectivity index (χ2n) is 7.03. The number of aromatic nitrogens is 2. The van der Waals surface area contributed by atoms with Crippen LogP contribution in [0.25, 0.3) is 16.9 Å². The summed E-state index contributed by atoms with van der Waals surface area (Å²) in [6, 6.07) is 23.3. The third-order valence-electron chi connectivity index (χ3n) is 4.78. The van der Waals surface area contributed by atoms with E-state index in [0.29, 0.717) is 16.3 Å². The van der Waals surface area contributed by atoms with E-state index in [2.05, 4.69) is 0 Å². The molecule has 0 unspecified atom stereocenters. The monoisotopic (exact) mass is 415 g/mol. The average Bonchev–Trinajstić information content (AvgIpc) is 3.42. The summed E-state index contributed by atoms with van der Waals surface area (Å²) in [6.07, 6.45) is 1.97. The molecule has 150 valence electrons. The Labute approximate surface area is 179 Å². The molecule has 0 aliphatic carbocycles. The van der Waals surface area contributed by atoms with Crippen LogP contribution < -0.4 is 0 Å². The number of carbonyl (C=O) groups excluding carboxylic acids is 2. The Morgan fingerprint density at radius 2 is 1.57 bits per heavy atom. The third kappa shape index (κ3) is 4.09. The van der Waals surface area contributed by atoms with Crippen molar-refractivity contribution < 1.29 is 9.59 Å². The first-order valence-electron chi connectivity index (χ1n) is 9.58. The summed E-state index contributed by atoms with van der Waals surface area (Å²) in [5.74, 6) is -0.142. The summed E-state index contributed by atoms with van der Waals surface area (Å²) in [7, 11) is 1.77. The average molecular weight is 416 g/mol. The number of Topliss-reactive ketones (excluding diaryl/α,β-unsaturated/α-hetero) is 1. The molecule has 1 amide bonds. The number of carbonyl (C=O) groups is 2. The highest BCUT2D eigenvalue weighted by Crippen LogP contribution is 2.26. The van der Waals surface area contributed by atoms with E-state index in [1.54, 1.807) is 24.1 Å². The molecule has 6 heteroatoms. The van der Waals surface area contributed by atoms with Gasteiger partial charge < -0.3 is 4.90 Å². The quantitative estimate of drug-likeness (QED) is 0.413. The SMILES string of the molecule is CC(=O)c1ccc(C(=O)N(C)Cc2cn(-c3ccccc3)nc2-c2ccccc2)s1. The molecule has 0 radical (unpaired) electrons. The van der Waals surface area contributed by atoms with Gasteiger partial charge in [0.05, 0.1) is 21.1 Å². The van der Waals surface area contributed by atoms with E-state index in [4.69, 9.17) is 5.10 Å². The maximum Gasteiger partial charge on any atom is 0.263 e. The number of hydrogen-bond donors (Lipinski definition) is 0. The van der Waals surface area contributed by atoms with Gasteiger partial charge in [0.1, 0.15) is 0 Å². The van der Waals surface area contributed by atoms with Gasteiger partial charge in [-0.3, -0.25) is 9.59 Å².